The summed E-state index contributed by atoms with van der Waals surface area (Å²) in [6, 6.07) is 0. The van der Waals surface area contributed by atoms with Crippen molar-refractivity contribution in [2.75, 3.05) is 13.7 Å². The fraction of sp³-hybridized carbons (Fsp3) is 0.857. The molecule has 1 rings (SSSR count). The third-order valence-corrected chi connectivity index (χ3v) is 2.03. The van der Waals surface area contributed by atoms with Gasteiger partial charge >= 0.3 is 0 Å². The Morgan fingerprint density at radius 1 is 1.62 bits per heavy atom. The van der Waals surface area contributed by atoms with E-state index in [1.54, 1.807) is 0 Å². The van der Waals surface area contributed by atoms with Gasteiger partial charge in [0.1, 0.15) is 12.2 Å². The van der Waals surface area contributed by atoms with E-state index < -0.39 is 30.7 Å². The minimum Gasteiger partial charge on any atom is -0.387 e. The number of ether oxygens (including phenoxy) is 2. The summed E-state index contributed by atoms with van der Waals surface area (Å²) < 4.78 is 9.46. The first-order valence-electron chi connectivity index (χ1n) is 3.74. The van der Waals surface area contributed by atoms with Gasteiger partial charge in [0.25, 0.3) is 0 Å². The Kier molecular flexibility index (Phi) is 2.99. The van der Waals surface area contributed by atoms with Crippen LogP contribution in [-0.2, 0) is 14.3 Å². The molecule has 0 radical (unpaired) electrons. The number of hydrogen-bond donors (Lipinski definition) is 3. The molecule has 1 aliphatic rings. The van der Waals surface area contributed by atoms with E-state index in [0.717, 1.165) is 0 Å². The van der Waals surface area contributed by atoms with Gasteiger partial charge in [-0.1, -0.05) is 0 Å². The maximum atomic E-state index is 10.4. The molecule has 0 saturated carbocycles. The highest BCUT2D eigenvalue weighted by molar-refractivity contribution is 5.64. The molecule has 4 atom stereocenters. The standard InChI is InChI=1S/C7H12O6/c1-12-6-4(9)5(10)7(11,2-8)3-13-6/h2,4-6,9-11H,3H2,1H3. The van der Waals surface area contributed by atoms with Gasteiger partial charge in [-0.3, -0.25) is 4.79 Å². The summed E-state index contributed by atoms with van der Waals surface area (Å²) in [6.45, 7) is -0.396. The highest BCUT2D eigenvalue weighted by Crippen LogP contribution is 2.22. The molecular formula is C7H12O6. The average Bonchev–Trinajstić information content (AvgIpc) is 2.15. The van der Waals surface area contributed by atoms with Crippen LogP contribution in [0.15, 0.2) is 0 Å². The summed E-state index contributed by atoms with van der Waals surface area (Å²) >= 11 is 0. The molecule has 13 heavy (non-hydrogen) atoms. The Morgan fingerprint density at radius 2 is 2.23 bits per heavy atom. The number of aliphatic hydroxyl groups is 3. The molecule has 0 aromatic rings. The van der Waals surface area contributed by atoms with Gasteiger partial charge in [0, 0.05) is 7.11 Å². The molecular weight excluding hydrogens is 180 g/mol. The molecule has 3 N–H and O–H groups in total. The first-order valence-corrected chi connectivity index (χ1v) is 3.74. The minimum absolute atomic E-state index is 0.146. The minimum atomic E-state index is -2.05. The molecule has 0 aromatic carbocycles. The van der Waals surface area contributed by atoms with E-state index in [-0.39, 0.29) is 6.29 Å². The molecule has 6 heteroatoms. The highest BCUT2D eigenvalue weighted by Gasteiger charge is 2.48. The maximum absolute atomic E-state index is 10.4. The second kappa shape index (κ2) is 3.69. The summed E-state index contributed by atoms with van der Waals surface area (Å²) in [5.74, 6) is 0. The Bertz CT molecular complexity index is 195. The van der Waals surface area contributed by atoms with Gasteiger partial charge in [-0.15, -0.1) is 0 Å². The van der Waals surface area contributed by atoms with Gasteiger partial charge in [-0.2, -0.15) is 0 Å². The summed E-state index contributed by atoms with van der Waals surface area (Å²) in [5, 5.41) is 28.0. The molecule has 0 aromatic heterocycles. The van der Waals surface area contributed by atoms with Gasteiger partial charge < -0.3 is 24.8 Å². The van der Waals surface area contributed by atoms with Gasteiger partial charge in [-0.25, -0.2) is 0 Å². The average molecular weight is 192 g/mol. The molecule has 1 aliphatic heterocycles. The van der Waals surface area contributed by atoms with Crippen LogP contribution in [0.25, 0.3) is 0 Å². The molecule has 4 unspecified atom stereocenters. The second-order valence-electron chi connectivity index (χ2n) is 2.96. The van der Waals surface area contributed by atoms with Gasteiger partial charge in [0.2, 0.25) is 0 Å². The molecule has 76 valence electrons. The summed E-state index contributed by atoms with van der Waals surface area (Å²) in [7, 11) is 1.28. The van der Waals surface area contributed by atoms with Crippen LogP contribution < -0.4 is 0 Å². The van der Waals surface area contributed by atoms with Gasteiger partial charge in [0.05, 0.1) is 6.61 Å². The van der Waals surface area contributed by atoms with Gasteiger partial charge in [0.15, 0.2) is 18.2 Å². The van der Waals surface area contributed by atoms with Crippen molar-refractivity contribution in [1.82, 2.24) is 0 Å². The third-order valence-electron chi connectivity index (χ3n) is 2.03. The van der Waals surface area contributed by atoms with Gasteiger partial charge in [-0.05, 0) is 0 Å². The lowest BCUT2D eigenvalue weighted by molar-refractivity contribution is -0.281. The smallest absolute Gasteiger partial charge is 0.185 e. The fourth-order valence-electron chi connectivity index (χ4n) is 1.16. The van der Waals surface area contributed by atoms with Crippen LogP contribution in [0.2, 0.25) is 0 Å². The number of carbonyl (C=O) groups excluding carboxylic acids is 1. The molecule has 1 saturated heterocycles. The van der Waals surface area contributed by atoms with Crippen molar-refractivity contribution in [1.29, 1.82) is 0 Å². The zero-order valence-electron chi connectivity index (χ0n) is 7.08. The number of carbonyl (C=O) groups is 1. The Hall–Kier alpha value is -0.530. The fourth-order valence-corrected chi connectivity index (χ4v) is 1.16. The summed E-state index contributed by atoms with van der Waals surface area (Å²) in [4.78, 5) is 10.4. The normalized spacial score (nSPS) is 46.0. The largest absolute Gasteiger partial charge is 0.387 e. The van der Waals surface area contributed by atoms with E-state index in [1.165, 1.54) is 7.11 Å². The second-order valence-corrected chi connectivity index (χ2v) is 2.96. The van der Waals surface area contributed by atoms with Crippen molar-refractivity contribution in [3.63, 3.8) is 0 Å². The van der Waals surface area contributed by atoms with Crippen LogP contribution in [0.4, 0.5) is 0 Å². The lowest BCUT2D eigenvalue weighted by Gasteiger charge is -2.39. The van der Waals surface area contributed by atoms with Crippen molar-refractivity contribution >= 4 is 6.29 Å². The monoisotopic (exact) mass is 192 g/mol. The van der Waals surface area contributed by atoms with Crippen molar-refractivity contribution in [3.05, 3.63) is 0 Å². The number of aliphatic hydroxyl groups excluding tert-OH is 2. The summed E-state index contributed by atoms with van der Waals surface area (Å²) in [5.41, 5.74) is -2.05. The van der Waals surface area contributed by atoms with E-state index in [0.29, 0.717) is 0 Å². The van der Waals surface area contributed by atoms with Crippen LogP contribution in [-0.4, -0.2) is 59.4 Å². The third kappa shape index (κ3) is 1.72. The number of rotatable bonds is 2. The lowest BCUT2D eigenvalue weighted by Crippen LogP contribution is -2.62. The first-order chi connectivity index (χ1) is 6.05. The van der Waals surface area contributed by atoms with Crippen LogP contribution in [0, 0.1) is 0 Å². The van der Waals surface area contributed by atoms with E-state index in [4.69, 9.17) is 4.74 Å². The van der Waals surface area contributed by atoms with Crippen LogP contribution in [0.3, 0.4) is 0 Å². The van der Waals surface area contributed by atoms with E-state index >= 15 is 0 Å². The SMILES string of the molecule is COC1OCC(O)(C=O)C(O)C1O. The number of hydrogen-bond acceptors (Lipinski definition) is 6. The predicted molar refractivity (Wildman–Crippen MR) is 39.8 cm³/mol. The quantitative estimate of drug-likeness (QED) is 0.423. The predicted octanol–water partition coefficient (Wildman–Crippen LogP) is -2.36. The van der Waals surface area contributed by atoms with Crippen molar-refractivity contribution < 1.29 is 29.6 Å². The summed E-state index contributed by atoms with van der Waals surface area (Å²) in [6.07, 6.45) is -3.90. The van der Waals surface area contributed by atoms with E-state index in [1.807, 2.05) is 0 Å². The van der Waals surface area contributed by atoms with Crippen molar-refractivity contribution in [2.45, 2.75) is 24.1 Å². The zero-order valence-corrected chi connectivity index (χ0v) is 7.08. The molecule has 0 aliphatic carbocycles. The highest BCUT2D eigenvalue weighted by atomic mass is 16.7. The lowest BCUT2D eigenvalue weighted by atomic mass is 9.92. The van der Waals surface area contributed by atoms with Crippen LogP contribution >= 0.6 is 0 Å². The number of methoxy groups -OCH3 is 1. The molecule has 0 spiro atoms. The Morgan fingerprint density at radius 3 is 2.69 bits per heavy atom. The Labute approximate surface area is 74.7 Å². The number of aldehydes is 1. The van der Waals surface area contributed by atoms with E-state index in [9.17, 15) is 20.1 Å². The van der Waals surface area contributed by atoms with Crippen LogP contribution in [0.5, 0.6) is 0 Å². The van der Waals surface area contributed by atoms with E-state index in [2.05, 4.69) is 4.74 Å². The van der Waals surface area contributed by atoms with Crippen LogP contribution in [0.1, 0.15) is 0 Å². The Balaban J connectivity index is 2.75. The molecule has 0 bridgehead atoms. The zero-order chi connectivity index (χ0) is 10.1. The first kappa shape index (κ1) is 10.6. The molecule has 0 amide bonds. The van der Waals surface area contributed by atoms with Crippen molar-refractivity contribution in [3.8, 4) is 0 Å². The van der Waals surface area contributed by atoms with Crippen molar-refractivity contribution in [2.24, 2.45) is 0 Å². The molecule has 1 fully saturated rings. The molecule has 6 nitrogen and oxygen atoms in total. The topological polar surface area (TPSA) is 96.2 Å². The maximum Gasteiger partial charge on any atom is 0.185 e. The molecule has 1 heterocycles.